The molecule has 8 heteroatoms. The fraction of sp³-hybridized carbons (Fsp3) is 0.444. The van der Waals surface area contributed by atoms with Crippen LogP contribution >= 0.6 is 0 Å². The van der Waals surface area contributed by atoms with Gasteiger partial charge in [-0.3, -0.25) is 19.3 Å². The minimum atomic E-state index is -1.15. The van der Waals surface area contributed by atoms with Gasteiger partial charge in [-0.15, -0.1) is 0 Å². The minimum Gasteiger partial charge on any atom is -0.482 e. The Hall–Kier alpha value is -2.90. The third-order valence-electron chi connectivity index (χ3n) is 4.24. The zero-order valence-electron chi connectivity index (χ0n) is 15.1. The third-order valence-corrected chi connectivity index (χ3v) is 4.24. The number of hydrogen-bond acceptors (Lipinski definition) is 5. The monoisotopic (exact) mass is 362 g/mol. The van der Waals surface area contributed by atoms with E-state index >= 15 is 0 Å². The molecule has 0 fully saturated rings. The highest BCUT2D eigenvalue weighted by Gasteiger charge is 2.35. The molecule has 2 atom stereocenters. The molecule has 0 saturated carbocycles. The van der Waals surface area contributed by atoms with Crippen molar-refractivity contribution in [3.05, 3.63) is 23.8 Å². The van der Waals surface area contributed by atoms with Crippen LogP contribution in [-0.2, 0) is 14.4 Å². The van der Waals surface area contributed by atoms with E-state index < -0.39 is 29.9 Å². The normalized spacial score (nSPS) is 15.7. The third kappa shape index (κ3) is 3.84. The zero-order valence-corrected chi connectivity index (χ0v) is 15.1. The van der Waals surface area contributed by atoms with Gasteiger partial charge in [0, 0.05) is 5.56 Å². The number of anilines is 1. The molecule has 140 valence electrons. The van der Waals surface area contributed by atoms with Crippen molar-refractivity contribution in [2.75, 3.05) is 11.5 Å². The highest BCUT2D eigenvalue weighted by molar-refractivity contribution is 6.05. The second-order valence-electron chi connectivity index (χ2n) is 6.54. The van der Waals surface area contributed by atoms with Gasteiger partial charge in [0.25, 0.3) is 5.91 Å². The minimum absolute atomic E-state index is 0.186. The number of carboxylic acids is 1. The maximum absolute atomic E-state index is 12.6. The Balaban J connectivity index is 2.33. The molecule has 0 aliphatic carbocycles. The Bertz CT molecular complexity index is 758. The predicted molar refractivity (Wildman–Crippen MR) is 93.3 cm³/mol. The summed E-state index contributed by atoms with van der Waals surface area (Å²) in [5, 5.41) is 11.7. The molecule has 1 aliphatic rings. The number of hydrogen-bond donors (Lipinski definition) is 2. The molecular formula is C18H22N2O6. The number of nitrogens with zero attached hydrogens (tertiary/aromatic N) is 1. The summed E-state index contributed by atoms with van der Waals surface area (Å²) >= 11 is 0. The van der Waals surface area contributed by atoms with E-state index in [9.17, 15) is 24.3 Å². The van der Waals surface area contributed by atoms with Gasteiger partial charge < -0.3 is 15.2 Å². The van der Waals surface area contributed by atoms with Gasteiger partial charge >= 0.3 is 5.97 Å². The number of carbonyl (C=O) groups is 4. The summed E-state index contributed by atoms with van der Waals surface area (Å²) in [5.41, 5.74) is 0.693. The van der Waals surface area contributed by atoms with Crippen LogP contribution in [0.1, 0.15) is 38.1 Å². The zero-order chi connectivity index (χ0) is 19.6. The van der Waals surface area contributed by atoms with Gasteiger partial charge in [0.2, 0.25) is 5.91 Å². The molecule has 0 bridgehead atoms. The van der Waals surface area contributed by atoms with E-state index in [1.165, 1.54) is 24.8 Å². The van der Waals surface area contributed by atoms with Gasteiger partial charge in [0.15, 0.2) is 12.4 Å². The van der Waals surface area contributed by atoms with E-state index in [4.69, 9.17) is 4.74 Å². The van der Waals surface area contributed by atoms with Crippen molar-refractivity contribution in [3.63, 3.8) is 0 Å². The molecular weight excluding hydrogens is 340 g/mol. The lowest BCUT2D eigenvalue weighted by Gasteiger charge is -2.34. The van der Waals surface area contributed by atoms with Gasteiger partial charge in [-0.25, -0.2) is 4.79 Å². The molecule has 0 radical (unpaired) electrons. The number of carbonyl (C=O) groups excluding carboxylic acids is 3. The summed E-state index contributed by atoms with van der Waals surface area (Å²) in [5.74, 6) is -2.31. The Labute approximate surface area is 151 Å². The highest BCUT2D eigenvalue weighted by atomic mass is 16.5. The van der Waals surface area contributed by atoms with Crippen LogP contribution in [0, 0.1) is 5.92 Å². The molecule has 2 amide bonds. The first-order chi connectivity index (χ1) is 12.1. The van der Waals surface area contributed by atoms with Crippen LogP contribution in [0.5, 0.6) is 5.75 Å². The highest BCUT2D eigenvalue weighted by Crippen LogP contribution is 2.34. The quantitative estimate of drug-likeness (QED) is 0.736. The maximum Gasteiger partial charge on any atom is 0.326 e. The van der Waals surface area contributed by atoms with Crippen LogP contribution in [-0.4, -0.2) is 47.4 Å². The topological polar surface area (TPSA) is 113 Å². The number of ketones is 1. The molecule has 0 aromatic heterocycles. The second-order valence-corrected chi connectivity index (χ2v) is 6.54. The van der Waals surface area contributed by atoms with Crippen molar-refractivity contribution in [3.8, 4) is 5.75 Å². The summed E-state index contributed by atoms with van der Waals surface area (Å²) in [6, 6.07) is 2.62. The summed E-state index contributed by atoms with van der Waals surface area (Å²) < 4.78 is 5.36. The van der Waals surface area contributed by atoms with E-state index in [0.29, 0.717) is 17.0 Å². The predicted octanol–water partition coefficient (Wildman–Crippen LogP) is 1.23. The van der Waals surface area contributed by atoms with Gasteiger partial charge in [-0.1, -0.05) is 13.8 Å². The largest absolute Gasteiger partial charge is 0.482 e. The molecule has 1 heterocycles. The van der Waals surface area contributed by atoms with Crippen molar-refractivity contribution < 1.29 is 29.0 Å². The van der Waals surface area contributed by atoms with Crippen molar-refractivity contribution in [1.29, 1.82) is 0 Å². The van der Waals surface area contributed by atoms with Gasteiger partial charge in [-0.05, 0) is 38.0 Å². The molecule has 1 aliphatic heterocycles. The van der Waals surface area contributed by atoms with Crippen LogP contribution in [0.3, 0.4) is 0 Å². The van der Waals surface area contributed by atoms with Crippen LogP contribution in [0.25, 0.3) is 0 Å². The van der Waals surface area contributed by atoms with Crippen molar-refractivity contribution in [2.45, 2.75) is 39.8 Å². The lowest BCUT2D eigenvalue weighted by Crippen LogP contribution is -2.55. The molecule has 2 unspecified atom stereocenters. The number of aliphatic carboxylic acids is 1. The number of fused-ring (bicyclic) bond motifs is 1. The number of Topliss-reactive ketones (excluding diaryl/α,β-unsaturated/α-hetero) is 1. The molecule has 26 heavy (non-hydrogen) atoms. The fourth-order valence-corrected chi connectivity index (χ4v) is 2.72. The van der Waals surface area contributed by atoms with E-state index in [0.717, 1.165) is 0 Å². The number of ether oxygens (including phenoxy) is 1. The summed E-state index contributed by atoms with van der Waals surface area (Å²) in [7, 11) is 0. The smallest absolute Gasteiger partial charge is 0.326 e. The average molecular weight is 362 g/mol. The first kappa shape index (κ1) is 19.4. The first-order valence-corrected chi connectivity index (χ1v) is 8.26. The fourth-order valence-electron chi connectivity index (χ4n) is 2.72. The second kappa shape index (κ2) is 7.55. The van der Waals surface area contributed by atoms with E-state index in [1.807, 2.05) is 0 Å². The van der Waals surface area contributed by atoms with Gasteiger partial charge in [0.05, 0.1) is 5.69 Å². The SMILES string of the molecule is CC(=O)c1ccc2c(c1)N(C(C)C(=O)NC(C(=O)O)C(C)C)C(=O)CO2. The van der Waals surface area contributed by atoms with Crippen LogP contribution in [0.2, 0.25) is 0 Å². The Morgan fingerprint density at radius 3 is 2.42 bits per heavy atom. The maximum atomic E-state index is 12.6. The molecule has 2 rings (SSSR count). The van der Waals surface area contributed by atoms with Crippen molar-refractivity contribution in [2.24, 2.45) is 5.92 Å². The molecule has 0 spiro atoms. The van der Waals surface area contributed by atoms with E-state index in [1.54, 1.807) is 26.0 Å². The van der Waals surface area contributed by atoms with Crippen LogP contribution in [0.4, 0.5) is 5.69 Å². The summed E-state index contributed by atoms with van der Waals surface area (Å²) in [6.07, 6.45) is 0. The molecule has 1 aromatic carbocycles. The number of rotatable bonds is 6. The number of nitrogens with one attached hydrogen (secondary N) is 1. The molecule has 8 nitrogen and oxygen atoms in total. The van der Waals surface area contributed by atoms with Gasteiger partial charge in [0.1, 0.15) is 17.8 Å². The lowest BCUT2D eigenvalue weighted by atomic mass is 10.0. The number of benzene rings is 1. The lowest BCUT2D eigenvalue weighted by molar-refractivity contribution is -0.143. The molecule has 1 aromatic rings. The molecule has 2 N–H and O–H groups in total. The molecule has 0 saturated heterocycles. The standard InChI is InChI=1S/C18H22N2O6/c1-9(2)16(18(24)25)19-17(23)10(3)20-13-7-12(11(4)21)5-6-14(13)26-8-15(20)22/h5-7,9-10,16H,8H2,1-4H3,(H,19,23)(H,24,25). The number of amides is 2. The Morgan fingerprint density at radius 1 is 1.23 bits per heavy atom. The number of carboxylic acid groups (broad SMARTS) is 1. The van der Waals surface area contributed by atoms with Crippen LogP contribution in [0.15, 0.2) is 18.2 Å². The Morgan fingerprint density at radius 2 is 1.88 bits per heavy atom. The van der Waals surface area contributed by atoms with E-state index in [-0.39, 0.29) is 18.3 Å². The summed E-state index contributed by atoms with van der Waals surface area (Å²) in [4.78, 5) is 49.1. The average Bonchev–Trinajstić information content (AvgIpc) is 2.57. The Kier molecular flexibility index (Phi) is 5.64. The summed E-state index contributed by atoms with van der Waals surface area (Å²) in [6.45, 7) is 6.02. The van der Waals surface area contributed by atoms with E-state index in [2.05, 4.69) is 5.32 Å². The van der Waals surface area contributed by atoms with Crippen LogP contribution < -0.4 is 15.0 Å². The van der Waals surface area contributed by atoms with Crippen molar-refractivity contribution >= 4 is 29.3 Å². The van der Waals surface area contributed by atoms with Crippen molar-refractivity contribution in [1.82, 2.24) is 5.32 Å². The first-order valence-electron chi connectivity index (χ1n) is 8.26. The van der Waals surface area contributed by atoms with Gasteiger partial charge in [-0.2, -0.15) is 0 Å².